The van der Waals surface area contributed by atoms with Crippen LogP contribution < -0.4 is 9.46 Å². The average molecular weight is 349 g/mol. The molecular formula is C14H14F3NO4S. The maximum atomic E-state index is 12.2. The molecular weight excluding hydrogens is 335 g/mol. The molecule has 1 N–H and O–H groups in total. The van der Waals surface area contributed by atoms with Crippen molar-refractivity contribution in [3.05, 3.63) is 48.4 Å². The van der Waals surface area contributed by atoms with Gasteiger partial charge >= 0.3 is 6.36 Å². The predicted octanol–water partition coefficient (Wildman–Crippen LogP) is 3.09. The zero-order valence-corrected chi connectivity index (χ0v) is 12.8. The average Bonchev–Trinajstić information content (AvgIpc) is 2.89. The van der Waals surface area contributed by atoms with Crippen molar-refractivity contribution < 1.29 is 30.7 Å². The highest BCUT2D eigenvalue weighted by molar-refractivity contribution is 7.89. The summed E-state index contributed by atoms with van der Waals surface area (Å²) >= 11 is 0. The molecule has 1 aromatic heterocycles. The summed E-state index contributed by atoms with van der Waals surface area (Å²) < 4.78 is 71.6. The Morgan fingerprint density at radius 3 is 2.39 bits per heavy atom. The van der Waals surface area contributed by atoms with Crippen LogP contribution in [0, 0.1) is 0 Å². The van der Waals surface area contributed by atoms with E-state index in [1.165, 1.54) is 12.5 Å². The lowest BCUT2D eigenvalue weighted by Crippen LogP contribution is -2.34. The van der Waals surface area contributed by atoms with Crippen molar-refractivity contribution in [2.75, 3.05) is 0 Å². The minimum Gasteiger partial charge on any atom is -0.472 e. The molecule has 9 heteroatoms. The maximum Gasteiger partial charge on any atom is 0.573 e. The normalized spacial score (nSPS) is 13.7. The third-order valence-electron chi connectivity index (χ3n) is 2.85. The van der Waals surface area contributed by atoms with Gasteiger partial charge in [-0.15, -0.1) is 13.2 Å². The van der Waals surface area contributed by atoms with Gasteiger partial charge in [-0.05, 0) is 49.2 Å². The van der Waals surface area contributed by atoms with E-state index in [1.807, 2.05) is 0 Å². The Hall–Kier alpha value is -2.00. The quantitative estimate of drug-likeness (QED) is 0.870. The molecule has 1 heterocycles. The number of hydrogen-bond donors (Lipinski definition) is 1. The van der Waals surface area contributed by atoms with Crippen LogP contribution in [0.2, 0.25) is 0 Å². The molecule has 126 valence electrons. The fraction of sp³-hybridized carbons (Fsp3) is 0.286. The third kappa shape index (κ3) is 5.29. The summed E-state index contributed by atoms with van der Waals surface area (Å²) in [5, 5.41) is 0. The van der Waals surface area contributed by atoms with Crippen molar-refractivity contribution in [1.29, 1.82) is 0 Å². The highest BCUT2D eigenvalue weighted by Crippen LogP contribution is 2.24. The number of furan rings is 1. The third-order valence-corrected chi connectivity index (χ3v) is 4.45. The summed E-state index contributed by atoms with van der Waals surface area (Å²) in [4.78, 5) is -0.147. The van der Waals surface area contributed by atoms with Gasteiger partial charge in [0.2, 0.25) is 10.0 Å². The topological polar surface area (TPSA) is 68.5 Å². The first-order valence-electron chi connectivity index (χ1n) is 6.55. The van der Waals surface area contributed by atoms with E-state index in [9.17, 15) is 21.6 Å². The summed E-state index contributed by atoms with van der Waals surface area (Å²) in [5.41, 5.74) is 0.828. The number of benzene rings is 1. The summed E-state index contributed by atoms with van der Waals surface area (Å²) in [5.74, 6) is -0.483. The van der Waals surface area contributed by atoms with Gasteiger partial charge in [0.1, 0.15) is 5.75 Å². The minimum atomic E-state index is -4.82. The molecule has 0 aliphatic heterocycles. The second kappa shape index (κ2) is 6.63. The highest BCUT2D eigenvalue weighted by Gasteiger charge is 2.31. The van der Waals surface area contributed by atoms with Gasteiger partial charge in [-0.1, -0.05) is 0 Å². The smallest absolute Gasteiger partial charge is 0.472 e. The van der Waals surface area contributed by atoms with Crippen molar-refractivity contribution in [1.82, 2.24) is 4.72 Å². The molecule has 0 saturated heterocycles. The minimum absolute atomic E-state index is 0.147. The molecule has 5 nitrogen and oxygen atoms in total. The largest absolute Gasteiger partial charge is 0.573 e. The lowest BCUT2D eigenvalue weighted by atomic mass is 10.1. The Labute approximate surface area is 131 Å². The Kier molecular flexibility index (Phi) is 5.00. The SMILES string of the molecule is C[C@@H](Cc1ccoc1)NS(=O)(=O)c1ccc(OC(F)(F)F)cc1. The monoisotopic (exact) mass is 349 g/mol. The van der Waals surface area contributed by atoms with Crippen molar-refractivity contribution in [2.24, 2.45) is 0 Å². The van der Waals surface area contributed by atoms with Gasteiger partial charge in [0.15, 0.2) is 0 Å². The van der Waals surface area contributed by atoms with Gasteiger partial charge < -0.3 is 9.15 Å². The van der Waals surface area contributed by atoms with Gasteiger partial charge in [-0.3, -0.25) is 0 Å². The summed E-state index contributed by atoms with van der Waals surface area (Å²) in [6, 6.07) is 5.30. The van der Waals surface area contributed by atoms with Gasteiger partial charge in [0.05, 0.1) is 17.4 Å². The van der Waals surface area contributed by atoms with Crippen molar-refractivity contribution in [2.45, 2.75) is 30.6 Å². The number of rotatable bonds is 6. The zero-order valence-electron chi connectivity index (χ0n) is 12.0. The molecule has 0 fully saturated rings. The number of hydrogen-bond acceptors (Lipinski definition) is 4. The molecule has 23 heavy (non-hydrogen) atoms. The van der Waals surface area contributed by atoms with Crippen molar-refractivity contribution in [3.63, 3.8) is 0 Å². The van der Waals surface area contributed by atoms with Crippen LogP contribution in [0.5, 0.6) is 5.75 Å². The Morgan fingerprint density at radius 2 is 1.87 bits per heavy atom. The molecule has 0 unspecified atom stereocenters. The predicted molar refractivity (Wildman–Crippen MR) is 75.3 cm³/mol. The van der Waals surface area contributed by atoms with Crippen LogP contribution in [0.15, 0.2) is 52.2 Å². The van der Waals surface area contributed by atoms with Crippen LogP contribution in [0.25, 0.3) is 0 Å². The van der Waals surface area contributed by atoms with Crippen molar-refractivity contribution >= 4 is 10.0 Å². The molecule has 0 bridgehead atoms. The van der Waals surface area contributed by atoms with E-state index < -0.39 is 28.2 Å². The molecule has 0 amide bonds. The van der Waals surface area contributed by atoms with Gasteiger partial charge in [-0.2, -0.15) is 0 Å². The number of sulfonamides is 1. The summed E-state index contributed by atoms with van der Waals surface area (Å²) in [7, 11) is -3.84. The molecule has 2 rings (SSSR count). The number of ether oxygens (including phenoxy) is 1. The molecule has 0 aliphatic rings. The van der Waals surface area contributed by atoms with Crippen LogP contribution in [0.1, 0.15) is 12.5 Å². The van der Waals surface area contributed by atoms with Crippen LogP contribution in [0.4, 0.5) is 13.2 Å². The molecule has 2 aromatic rings. The van der Waals surface area contributed by atoms with E-state index in [-0.39, 0.29) is 4.90 Å². The van der Waals surface area contributed by atoms with Crippen LogP contribution in [-0.4, -0.2) is 20.8 Å². The second-order valence-electron chi connectivity index (χ2n) is 4.88. The van der Waals surface area contributed by atoms with Crippen LogP contribution in [0.3, 0.4) is 0 Å². The molecule has 1 aromatic carbocycles. The van der Waals surface area contributed by atoms with E-state index in [0.29, 0.717) is 6.42 Å². The standard InChI is InChI=1S/C14H14F3NO4S/c1-10(8-11-6-7-21-9-11)18-23(19,20)13-4-2-12(3-5-13)22-14(15,16)17/h2-7,9-10,18H,8H2,1H3/t10-/m0/s1. The van der Waals surface area contributed by atoms with Gasteiger partial charge in [0, 0.05) is 6.04 Å². The van der Waals surface area contributed by atoms with Gasteiger partial charge in [-0.25, -0.2) is 13.1 Å². The fourth-order valence-electron chi connectivity index (χ4n) is 1.96. The summed E-state index contributed by atoms with van der Waals surface area (Å²) in [6.45, 7) is 1.67. The lowest BCUT2D eigenvalue weighted by Gasteiger charge is -2.14. The molecule has 0 saturated carbocycles. The van der Waals surface area contributed by atoms with Crippen LogP contribution >= 0.6 is 0 Å². The molecule has 0 radical (unpaired) electrons. The molecule has 1 atom stereocenters. The highest BCUT2D eigenvalue weighted by atomic mass is 32.2. The second-order valence-corrected chi connectivity index (χ2v) is 6.59. The summed E-state index contributed by atoms with van der Waals surface area (Å²) in [6.07, 6.45) is -1.41. The fourth-order valence-corrected chi connectivity index (χ4v) is 3.20. The van der Waals surface area contributed by atoms with Crippen LogP contribution in [-0.2, 0) is 16.4 Å². The van der Waals surface area contributed by atoms with E-state index in [0.717, 1.165) is 29.8 Å². The number of alkyl halides is 3. The molecule has 0 spiro atoms. The Morgan fingerprint density at radius 1 is 1.22 bits per heavy atom. The Bertz CT molecular complexity index is 724. The van der Waals surface area contributed by atoms with E-state index in [1.54, 1.807) is 13.0 Å². The first-order chi connectivity index (χ1) is 10.7. The number of nitrogens with one attached hydrogen (secondary N) is 1. The van der Waals surface area contributed by atoms with Gasteiger partial charge in [0.25, 0.3) is 0 Å². The number of halogens is 3. The lowest BCUT2D eigenvalue weighted by molar-refractivity contribution is -0.274. The van der Waals surface area contributed by atoms with E-state index >= 15 is 0 Å². The van der Waals surface area contributed by atoms with E-state index in [4.69, 9.17) is 4.42 Å². The first kappa shape index (κ1) is 17.4. The first-order valence-corrected chi connectivity index (χ1v) is 8.03. The van der Waals surface area contributed by atoms with E-state index in [2.05, 4.69) is 9.46 Å². The zero-order chi connectivity index (χ0) is 17.1. The Balaban J connectivity index is 2.04. The molecule has 0 aliphatic carbocycles. The van der Waals surface area contributed by atoms with Crippen molar-refractivity contribution in [3.8, 4) is 5.75 Å². The maximum absolute atomic E-state index is 12.2.